The summed E-state index contributed by atoms with van der Waals surface area (Å²) in [6.07, 6.45) is 4.08. The van der Waals surface area contributed by atoms with Gasteiger partial charge in [-0.15, -0.1) is 0 Å². The topological polar surface area (TPSA) is 110 Å². The molecule has 6 heteroatoms. The van der Waals surface area contributed by atoms with Crippen LogP contribution in [-0.4, -0.2) is 31.1 Å². The quantitative estimate of drug-likeness (QED) is 0.855. The van der Waals surface area contributed by atoms with E-state index >= 15 is 0 Å². The highest BCUT2D eigenvalue weighted by atomic mass is 16.5. The fraction of sp³-hybridized carbons (Fsp3) is 0.409. The van der Waals surface area contributed by atoms with Crippen LogP contribution in [0.2, 0.25) is 0 Å². The van der Waals surface area contributed by atoms with E-state index in [1.165, 1.54) is 0 Å². The molecule has 6 nitrogen and oxygen atoms in total. The molecule has 1 aliphatic carbocycles. The van der Waals surface area contributed by atoms with Crippen molar-refractivity contribution in [1.82, 2.24) is 4.90 Å². The molecule has 1 saturated heterocycles. The standard InChI is InChI=1S/C22H21N5O/c1-27-14-5-8-18(27)19-16(9-14)17(10-23)21(26)22(11-24,12-25)20(19)13-3-6-15(28-2)7-4-13/h3-4,6-7,9,14,18-20H,5,8,26H2,1-2H3/t14-,18-,19+,20+/m1/s1. The van der Waals surface area contributed by atoms with Gasteiger partial charge >= 0.3 is 0 Å². The average molecular weight is 371 g/mol. The van der Waals surface area contributed by atoms with Crippen LogP contribution in [0.4, 0.5) is 0 Å². The van der Waals surface area contributed by atoms with Gasteiger partial charge in [-0.1, -0.05) is 18.2 Å². The predicted octanol–water partition coefficient (Wildman–Crippen LogP) is 2.58. The fourth-order valence-corrected chi connectivity index (χ4v) is 5.27. The number of ether oxygens (including phenoxy) is 1. The Morgan fingerprint density at radius 1 is 1.14 bits per heavy atom. The summed E-state index contributed by atoms with van der Waals surface area (Å²) in [5, 5.41) is 30.1. The zero-order valence-electron chi connectivity index (χ0n) is 15.9. The first-order valence-electron chi connectivity index (χ1n) is 9.33. The molecule has 1 aromatic carbocycles. The lowest BCUT2D eigenvalue weighted by molar-refractivity contribution is 0.160. The van der Waals surface area contributed by atoms with Gasteiger partial charge in [0.05, 0.1) is 30.5 Å². The molecule has 140 valence electrons. The maximum absolute atomic E-state index is 10.1. The van der Waals surface area contributed by atoms with Crippen molar-refractivity contribution < 1.29 is 4.74 Å². The minimum absolute atomic E-state index is 0.0762. The first-order chi connectivity index (χ1) is 13.5. The number of hydrogen-bond acceptors (Lipinski definition) is 6. The van der Waals surface area contributed by atoms with Crippen LogP contribution in [0.25, 0.3) is 0 Å². The molecule has 3 aliphatic rings. The summed E-state index contributed by atoms with van der Waals surface area (Å²) >= 11 is 0. The highest BCUT2D eigenvalue weighted by Gasteiger charge is 2.58. The number of allylic oxidation sites excluding steroid dienone is 2. The molecule has 0 aromatic heterocycles. The number of nitrogens with zero attached hydrogens (tertiary/aromatic N) is 4. The summed E-state index contributed by atoms with van der Waals surface area (Å²) in [4.78, 5) is 2.31. The fourth-order valence-electron chi connectivity index (χ4n) is 5.27. The Balaban J connectivity index is 2.01. The SMILES string of the molecule is COc1ccc([C@H]2[C@H]3C(=C[C@H]4CC[C@H]3N4C)C(C#N)=C(N)C2(C#N)C#N)cc1. The van der Waals surface area contributed by atoms with Gasteiger partial charge in [0.2, 0.25) is 0 Å². The van der Waals surface area contributed by atoms with E-state index in [4.69, 9.17) is 10.5 Å². The lowest BCUT2D eigenvalue weighted by atomic mass is 9.56. The molecular formula is C22H21N5O. The summed E-state index contributed by atoms with van der Waals surface area (Å²) in [5.41, 5.74) is 6.91. The molecule has 2 aliphatic heterocycles. The molecule has 2 heterocycles. The van der Waals surface area contributed by atoms with E-state index in [1.54, 1.807) is 7.11 Å². The van der Waals surface area contributed by atoms with Crippen LogP contribution in [-0.2, 0) is 0 Å². The third-order valence-electron chi connectivity index (χ3n) is 6.70. The second-order valence-corrected chi connectivity index (χ2v) is 7.71. The van der Waals surface area contributed by atoms with Gasteiger partial charge in [-0.25, -0.2) is 0 Å². The number of methoxy groups -OCH3 is 1. The molecule has 0 spiro atoms. The zero-order chi connectivity index (χ0) is 20.1. The Morgan fingerprint density at radius 2 is 1.82 bits per heavy atom. The van der Waals surface area contributed by atoms with Crippen molar-refractivity contribution in [1.29, 1.82) is 15.8 Å². The van der Waals surface area contributed by atoms with E-state index in [1.807, 2.05) is 24.3 Å². The monoisotopic (exact) mass is 371 g/mol. The minimum Gasteiger partial charge on any atom is -0.497 e. The first-order valence-corrected chi connectivity index (χ1v) is 9.33. The average Bonchev–Trinajstić information content (AvgIpc) is 2.96. The Hall–Kier alpha value is -3.27. The van der Waals surface area contributed by atoms with E-state index in [2.05, 4.69) is 36.2 Å². The number of benzene rings is 1. The Kier molecular flexibility index (Phi) is 4.15. The lowest BCUT2D eigenvalue weighted by Gasteiger charge is -2.48. The van der Waals surface area contributed by atoms with Crippen molar-refractivity contribution in [3.05, 3.63) is 52.7 Å². The van der Waals surface area contributed by atoms with Crippen LogP contribution in [0.3, 0.4) is 0 Å². The van der Waals surface area contributed by atoms with E-state index < -0.39 is 11.3 Å². The molecule has 1 fully saturated rings. The minimum atomic E-state index is -1.59. The van der Waals surface area contributed by atoms with E-state index in [-0.39, 0.29) is 23.7 Å². The second-order valence-electron chi connectivity index (χ2n) is 7.71. The third-order valence-corrected chi connectivity index (χ3v) is 6.70. The molecule has 1 aromatic rings. The number of rotatable bonds is 2. The highest BCUT2D eigenvalue weighted by molar-refractivity contribution is 5.60. The summed E-state index contributed by atoms with van der Waals surface area (Å²) in [6.45, 7) is 0. The van der Waals surface area contributed by atoms with Gasteiger partial charge in [-0.2, -0.15) is 15.8 Å². The number of hydrogen-bond donors (Lipinski definition) is 1. The highest BCUT2D eigenvalue weighted by Crippen LogP contribution is 2.58. The maximum Gasteiger partial charge on any atom is 0.191 e. The van der Waals surface area contributed by atoms with E-state index in [0.717, 1.165) is 24.0 Å². The van der Waals surface area contributed by atoms with Crippen LogP contribution in [0.15, 0.2) is 47.2 Å². The largest absolute Gasteiger partial charge is 0.497 e. The molecule has 0 unspecified atom stereocenters. The molecule has 28 heavy (non-hydrogen) atoms. The summed E-state index contributed by atoms with van der Waals surface area (Å²) in [5.74, 6) is 0.111. The second kappa shape index (κ2) is 6.41. The van der Waals surface area contributed by atoms with Gasteiger partial charge in [-0.3, -0.25) is 4.90 Å². The normalized spacial score (nSPS) is 30.5. The zero-order valence-corrected chi connectivity index (χ0v) is 15.9. The van der Waals surface area contributed by atoms with Crippen LogP contribution in [0, 0.1) is 45.3 Å². The van der Waals surface area contributed by atoms with Crippen molar-refractivity contribution in [2.24, 2.45) is 17.1 Å². The Morgan fingerprint density at radius 3 is 2.39 bits per heavy atom. The number of nitrogens with two attached hydrogens (primary N) is 1. The van der Waals surface area contributed by atoms with Gasteiger partial charge < -0.3 is 10.5 Å². The van der Waals surface area contributed by atoms with Gasteiger partial charge in [0, 0.05) is 23.9 Å². The Labute approximate surface area is 164 Å². The Bertz CT molecular complexity index is 987. The van der Waals surface area contributed by atoms with Crippen molar-refractivity contribution in [3.8, 4) is 24.0 Å². The van der Waals surface area contributed by atoms with Crippen molar-refractivity contribution in [2.45, 2.75) is 30.8 Å². The third kappa shape index (κ3) is 2.21. The van der Waals surface area contributed by atoms with Crippen molar-refractivity contribution in [3.63, 3.8) is 0 Å². The molecule has 0 saturated carbocycles. The lowest BCUT2D eigenvalue weighted by Crippen LogP contribution is -2.51. The van der Waals surface area contributed by atoms with Crippen LogP contribution < -0.4 is 10.5 Å². The van der Waals surface area contributed by atoms with Gasteiger partial charge in [-0.05, 0) is 43.2 Å². The van der Waals surface area contributed by atoms with Crippen molar-refractivity contribution >= 4 is 0 Å². The van der Waals surface area contributed by atoms with E-state index in [9.17, 15) is 15.8 Å². The molecule has 2 N–H and O–H groups in total. The predicted molar refractivity (Wildman–Crippen MR) is 102 cm³/mol. The summed E-state index contributed by atoms with van der Waals surface area (Å²) in [7, 11) is 3.68. The summed E-state index contributed by atoms with van der Waals surface area (Å²) < 4.78 is 5.26. The van der Waals surface area contributed by atoms with Gasteiger partial charge in [0.25, 0.3) is 0 Å². The number of nitriles is 3. The smallest absolute Gasteiger partial charge is 0.191 e. The van der Waals surface area contributed by atoms with Crippen LogP contribution in [0.1, 0.15) is 24.3 Å². The molecule has 4 atom stereocenters. The molecule has 0 radical (unpaired) electrons. The first kappa shape index (κ1) is 18.1. The van der Waals surface area contributed by atoms with E-state index in [0.29, 0.717) is 11.3 Å². The molecular weight excluding hydrogens is 350 g/mol. The van der Waals surface area contributed by atoms with Gasteiger partial charge in [0.1, 0.15) is 11.8 Å². The molecule has 4 rings (SSSR count). The van der Waals surface area contributed by atoms with Crippen molar-refractivity contribution in [2.75, 3.05) is 14.2 Å². The maximum atomic E-state index is 10.1. The van der Waals surface area contributed by atoms with Crippen LogP contribution in [0.5, 0.6) is 5.75 Å². The van der Waals surface area contributed by atoms with Gasteiger partial charge in [0.15, 0.2) is 5.41 Å². The number of likely N-dealkylation sites (N-methyl/N-ethyl adjacent to an activating group) is 1. The number of fused-ring (bicyclic) bond motifs is 4. The molecule has 2 bridgehead atoms. The molecule has 0 amide bonds. The van der Waals surface area contributed by atoms with Crippen LogP contribution >= 0.6 is 0 Å². The summed E-state index contributed by atoms with van der Waals surface area (Å²) in [6, 6.07) is 14.5.